The van der Waals surface area contributed by atoms with Crippen molar-refractivity contribution in [2.75, 3.05) is 32.8 Å². The van der Waals surface area contributed by atoms with Crippen LogP contribution in [0, 0.1) is 23.7 Å². The van der Waals surface area contributed by atoms with Gasteiger partial charge in [-0.2, -0.15) is 0 Å². The van der Waals surface area contributed by atoms with Crippen molar-refractivity contribution in [2.45, 2.75) is 110 Å². The number of ether oxygens (including phenoxy) is 3. The van der Waals surface area contributed by atoms with Crippen LogP contribution in [0.15, 0.2) is 72.8 Å². The van der Waals surface area contributed by atoms with Crippen molar-refractivity contribution in [1.29, 1.82) is 0 Å². The van der Waals surface area contributed by atoms with Gasteiger partial charge in [-0.3, -0.25) is 19.4 Å². The molecule has 2 heterocycles. The van der Waals surface area contributed by atoms with E-state index in [1.165, 1.54) is 58.4 Å². The Morgan fingerprint density at radius 1 is 0.589 bits per heavy atom. The largest absolute Gasteiger partial charge is 0.490 e. The number of carbonyl (C=O) groups is 2. The fourth-order valence-corrected chi connectivity index (χ4v) is 9.24. The van der Waals surface area contributed by atoms with Crippen LogP contribution in [0.25, 0.3) is 21.5 Å². The summed E-state index contributed by atoms with van der Waals surface area (Å²) in [6, 6.07) is 26.2. The average Bonchev–Trinajstić information content (AvgIpc) is 3.81. The van der Waals surface area contributed by atoms with Gasteiger partial charge in [-0.25, -0.2) is 0 Å². The number of likely N-dealkylation sites (tertiary alicyclic amines) is 2. The summed E-state index contributed by atoms with van der Waals surface area (Å²) >= 11 is 0. The van der Waals surface area contributed by atoms with Crippen LogP contribution in [0.3, 0.4) is 0 Å². The molecule has 4 aromatic carbocycles. The maximum Gasteiger partial charge on any atom is 0.309 e. The number of benzene rings is 4. The molecule has 4 atom stereocenters. The van der Waals surface area contributed by atoms with Gasteiger partial charge in [0.1, 0.15) is 11.5 Å². The zero-order chi connectivity index (χ0) is 39.0. The van der Waals surface area contributed by atoms with Crippen molar-refractivity contribution in [1.82, 2.24) is 9.80 Å². The average molecular weight is 763 g/mol. The number of aliphatic carboxylic acids is 1. The number of carboxylic acids is 1. The van der Waals surface area contributed by atoms with Crippen molar-refractivity contribution < 1.29 is 28.9 Å². The fourth-order valence-electron chi connectivity index (χ4n) is 9.24. The first kappa shape index (κ1) is 40.1. The summed E-state index contributed by atoms with van der Waals surface area (Å²) in [5.41, 5.74) is 2.61. The standard InChI is InChI=1S/C25H33NO3.C23H29NO3/c1-3-28-25(27)20-10-12-26(13-11-20)17-19-5-6-22-16-24(9-7-21(22)15-19)29-23-8-4-18(2)14-23;1-16-2-6-21(12-16)27-22-7-5-19-13-17(3-4-20(19)14-22)15-24-10-8-18(9-11-24)23(25)26/h5-7,9,15-16,18,20,23H,3-4,8,10-14,17H2,1-2H3;3-5,7,13-14,16,18,21H,2,6,8-12,15H2,1H3,(H,25,26). The SMILES string of the molecule is CC1CCC(Oc2ccc3cc(CN4CCC(C(=O)O)CC4)ccc3c2)C1.CCOC(=O)C1CCN(Cc2ccc3cc(OC4CCC(C)C4)ccc3c2)CC1. The van der Waals surface area contributed by atoms with Gasteiger partial charge in [-0.1, -0.05) is 50.2 Å². The van der Waals surface area contributed by atoms with Gasteiger partial charge in [0, 0.05) is 13.1 Å². The number of carboxylic acid groups (broad SMARTS) is 1. The highest BCUT2D eigenvalue weighted by Crippen LogP contribution is 2.32. The zero-order valence-corrected chi connectivity index (χ0v) is 33.8. The van der Waals surface area contributed by atoms with Crippen LogP contribution >= 0.6 is 0 Å². The van der Waals surface area contributed by atoms with E-state index in [-0.39, 0.29) is 17.8 Å². The Morgan fingerprint density at radius 3 is 1.43 bits per heavy atom. The normalized spacial score (nSPS) is 23.8. The molecule has 0 bridgehead atoms. The van der Waals surface area contributed by atoms with Gasteiger partial charge in [0.05, 0.1) is 30.7 Å². The number of esters is 1. The Hall–Kier alpha value is -4.14. The highest BCUT2D eigenvalue weighted by molar-refractivity contribution is 5.85. The second-order valence-corrected chi connectivity index (χ2v) is 17.2. The van der Waals surface area contributed by atoms with Gasteiger partial charge in [0.2, 0.25) is 0 Å². The van der Waals surface area contributed by atoms with Crippen LogP contribution in [0.4, 0.5) is 0 Å². The van der Waals surface area contributed by atoms with Crippen molar-refractivity contribution in [2.24, 2.45) is 23.7 Å². The van der Waals surface area contributed by atoms with Crippen LogP contribution in [-0.4, -0.2) is 71.8 Å². The summed E-state index contributed by atoms with van der Waals surface area (Å²) < 4.78 is 17.6. The van der Waals surface area contributed by atoms with Crippen molar-refractivity contribution in [3.63, 3.8) is 0 Å². The van der Waals surface area contributed by atoms with Gasteiger partial charge in [-0.05, 0) is 178 Å². The minimum absolute atomic E-state index is 0.0251. The third-order valence-corrected chi connectivity index (χ3v) is 12.6. The first-order valence-electron chi connectivity index (χ1n) is 21.4. The third-order valence-electron chi connectivity index (χ3n) is 12.6. The van der Waals surface area contributed by atoms with Gasteiger partial charge in [-0.15, -0.1) is 0 Å². The fraction of sp³-hybridized carbons (Fsp3) is 0.542. The first-order valence-corrected chi connectivity index (χ1v) is 21.4. The smallest absolute Gasteiger partial charge is 0.309 e. The van der Waals surface area contributed by atoms with E-state index in [2.05, 4.69) is 96.4 Å². The molecule has 4 fully saturated rings. The lowest BCUT2D eigenvalue weighted by Gasteiger charge is -2.30. The first-order chi connectivity index (χ1) is 27.2. The molecule has 2 saturated carbocycles. The van der Waals surface area contributed by atoms with Crippen LogP contribution in [-0.2, 0) is 27.4 Å². The Labute approximate surface area is 333 Å². The van der Waals surface area contributed by atoms with E-state index in [0.29, 0.717) is 18.8 Å². The van der Waals surface area contributed by atoms with Crippen LogP contribution in [0.1, 0.15) is 96.1 Å². The van der Waals surface area contributed by atoms with Gasteiger partial charge in [0.25, 0.3) is 0 Å². The van der Waals surface area contributed by atoms with E-state index in [4.69, 9.17) is 19.3 Å². The van der Waals surface area contributed by atoms with E-state index in [1.54, 1.807) is 0 Å². The van der Waals surface area contributed by atoms with E-state index < -0.39 is 5.97 Å². The number of rotatable bonds is 11. The van der Waals surface area contributed by atoms with Crippen molar-refractivity contribution >= 4 is 33.5 Å². The molecule has 8 heteroatoms. The van der Waals surface area contributed by atoms with Gasteiger partial charge < -0.3 is 19.3 Å². The molecule has 8 nitrogen and oxygen atoms in total. The molecule has 300 valence electrons. The lowest BCUT2D eigenvalue weighted by molar-refractivity contribution is -0.149. The molecule has 2 aliphatic carbocycles. The molecule has 4 unspecified atom stereocenters. The van der Waals surface area contributed by atoms with E-state index >= 15 is 0 Å². The quantitative estimate of drug-likeness (QED) is 0.151. The predicted molar refractivity (Wildman–Crippen MR) is 223 cm³/mol. The lowest BCUT2D eigenvalue weighted by atomic mass is 9.96. The Bertz CT molecular complexity index is 1930. The Balaban J connectivity index is 0.000000172. The molecule has 4 aromatic rings. The molecule has 0 radical (unpaired) electrons. The number of nitrogens with zero attached hydrogens (tertiary/aromatic N) is 2. The van der Waals surface area contributed by atoms with Crippen molar-refractivity contribution in [3.8, 4) is 11.5 Å². The highest BCUT2D eigenvalue weighted by Gasteiger charge is 2.27. The molecule has 56 heavy (non-hydrogen) atoms. The summed E-state index contributed by atoms with van der Waals surface area (Å²) in [7, 11) is 0. The highest BCUT2D eigenvalue weighted by atomic mass is 16.5. The monoisotopic (exact) mass is 762 g/mol. The van der Waals surface area contributed by atoms with E-state index in [1.807, 2.05) is 6.92 Å². The predicted octanol–water partition coefficient (Wildman–Crippen LogP) is 9.89. The summed E-state index contributed by atoms with van der Waals surface area (Å²) in [6.07, 6.45) is 11.3. The second kappa shape index (κ2) is 18.9. The Kier molecular flexibility index (Phi) is 13.5. The van der Waals surface area contributed by atoms with E-state index in [9.17, 15) is 9.59 Å². The topological polar surface area (TPSA) is 88.5 Å². The molecule has 8 rings (SSSR count). The molecular weight excluding hydrogens is 701 g/mol. The third kappa shape index (κ3) is 10.8. The summed E-state index contributed by atoms with van der Waals surface area (Å²) in [5.74, 6) is 2.76. The molecule has 2 saturated heterocycles. The number of fused-ring (bicyclic) bond motifs is 2. The van der Waals surface area contributed by atoms with Gasteiger partial charge >= 0.3 is 11.9 Å². The van der Waals surface area contributed by atoms with Gasteiger partial charge in [0.15, 0.2) is 0 Å². The number of hydrogen-bond donors (Lipinski definition) is 1. The second-order valence-electron chi connectivity index (χ2n) is 17.2. The molecular formula is C48H62N2O6. The molecule has 2 aliphatic heterocycles. The number of piperidine rings is 2. The summed E-state index contributed by atoms with van der Waals surface area (Å²) in [6.45, 7) is 12.4. The lowest BCUT2D eigenvalue weighted by Crippen LogP contribution is -2.36. The molecule has 0 amide bonds. The van der Waals surface area contributed by atoms with E-state index in [0.717, 1.165) is 101 Å². The molecule has 0 spiro atoms. The minimum atomic E-state index is -0.648. The maximum absolute atomic E-state index is 11.9. The molecule has 0 aromatic heterocycles. The minimum Gasteiger partial charge on any atom is -0.490 e. The summed E-state index contributed by atoms with van der Waals surface area (Å²) in [4.78, 5) is 27.8. The maximum atomic E-state index is 11.9. The molecule has 4 aliphatic rings. The molecule has 1 N–H and O–H groups in total. The van der Waals surface area contributed by atoms with Crippen LogP contribution < -0.4 is 9.47 Å². The summed E-state index contributed by atoms with van der Waals surface area (Å²) in [5, 5.41) is 14.1. The number of carbonyl (C=O) groups excluding carboxylic acids is 1. The Morgan fingerprint density at radius 2 is 1.02 bits per heavy atom. The van der Waals surface area contributed by atoms with Crippen molar-refractivity contribution in [3.05, 3.63) is 83.9 Å². The van der Waals surface area contributed by atoms with Crippen LogP contribution in [0.5, 0.6) is 11.5 Å². The van der Waals surface area contributed by atoms with Crippen LogP contribution in [0.2, 0.25) is 0 Å². The zero-order valence-electron chi connectivity index (χ0n) is 33.8. The number of hydrogen-bond acceptors (Lipinski definition) is 7.